The minimum absolute atomic E-state index is 0.0416. The van der Waals surface area contributed by atoms with Crippen LogP contribution in [0.4, 0.5) is 4.79 Å². The maximum Gasteiger partial charge on any atom is 0.407 e. The Balaban J connectivity index is 0.994. The number of ether oxygens (including phenoxy) is 4. The molecule has 1 aromatic rings. The Morgan fingerprint density at radius 2 is 1.86 bits per heavy atom. The van der Waals surface area contributed by atoms with Crippen LogP contribution in [0.1, 0.15) is 91.0 Å². The second kappa shape index (κ2) is 10.5. The number of hydrogen-bond acceptors (Lipinski definition) is 5. The molecule has 42 heavy (non-hydrogen) atoms. The van der Waals surface area contributed by atoms with Crippen molar-refractivity contribution in [1.82, 2.24) is 5.32 Å². The molecule has 5 fully saturated rings. The van der Waals surface area contributed by atoms with E-state index in [0.717, 1.165) is 61.4 Å². The molecule has 2 saturated heterocycles. The van der Waals surface area contributed by atoms with Gasteiger partial charge in [0.2, 0.25) is 0 Å². The summed E-state index contributed by atoms with van der Waals surface area (Å²) < 4.78 is 24.6. The summed E-state index contributed by atoms with van der Waals surface area (Å²) >= 11 is 0. The van der Waals surface area contributed by atoms with Gasteiger partial charge in [0, 0.05) is 25.3 Å². The third kappa shape index (κ3) is 4.53. The number of benzene rings is 1. The summed E-state index contributed by atoms with van der Waals surface area (Å²) in [6.45, 7) is 11.2. The van der Waals surface area contributed by atoms with E-state index in [-0.39, 0.29) is 23.4 Å². The lowest BCUT2D eigenvalue weighted by Gasteiger charge is -2.58. The maximum absolute atomic E-state index is 12.7. The molecule has 0 radical (unpaired) electrons. The fraction of sp³-hybridized carbons (Fsp3) is 0.750. The molecule has 0 bridgehead atoms. The van der Waals surface area contributed by atoms with Crippen molar-refractivity contribution in [3.05, 3.63) is 41.5 Å². The van der Waals surface area contributed by atoms with Gasteiger partial charge in [0.05, 0.1) is 19.8 Å². The molecule has 6 aliphatic rings. The van der Waals surface area contributed by atoms with Crippen LogP contribution in [0.15, 0.2) is 35.9 Å². The molecule has 3 saturated carbocycles. The SMILES string of the molecule is COc1ccc(CNC(=O)O[C@H]2CC[C@@]3(C)C(=CC[C@H]4[C@@H]5C[C@@H]6O[C@]7(CC[C@@H](C)CO7)[C@@H](C)[C@@H]6[C@@]5(C)CC[C@@H]43)C2)cc1. The van der Waals surface area contributed by atoms with Gasteiger partial charge in [-0.15, -0.1) is 0 Å². The molecule has 11 atom stereocenters. The minimum atomic E-state index is -0.336. The number of amides is 1. The van der Waals surface area contributed by atoms with Gasteiger partial charge in [-0.05, 0) is 103 Å². The molecule has 6 heteroatoms. The fourth-order valence-corrected chi connectivity index (χ4v) is 10.9. The Bertz CT molecular complexity index is 1200. The third-order valence-electron chi connectivity index (χ3n) is 13.2. The molecule has 1 spiro atoms. The van der Waals surface area contributed by atoms with E-state index in [0.29, 0.717) is 35.8 Å². The molecule has 230 valence electrons. The number of fused-ring (bicyclic) bond motifs is 7. The molecule has 4 aliphatic carbocycles. The lowest BCUT2D eigenvalue weighted by Crippen LogP contribution is -2.52. The molecule has 6 nitrogen and oxygen atoms in total. The van der Waals surface area contributed by atoms with E-state index in [1.54, 1.807) is 7.11 Å². The van der Waals surface area contributed by atoms with E-state index < -0.39 is 0 Å². The molecular formula is C36H51NO5. The summed E-state index contributed by atoms with van der Waals surface area (Å²) in [5.41, 5.74) is 3.13. The molecule has 2 heterocycles. The zero-order chi connectivity index (χ0) is 29.3. The van der Waals surface area contributed by atoms with E-state index in [1.807, 2.05) is 24.3 Å². The Labute approximate surface area is 252 Å². The zero-order valence-electron chi connectivity index (χ0n) is 26.3. The van der Waals surface area contributed by atoms with Crippen molar-refractivity contribution in [2.75, 3.05) is 13.7 Å². The molecule has 2 aliphatic heterocycles. The van der Waals surface area contributed by atoms with Crippen molar-refractivity contribution < 1.29 is 23.7 Å². The van der Waals surface area contributed by atoms with E-state index in [2.05, 4.69) is 39.1 Å². The van der Waals surface area contributed by atoms with Crippen molar-refractivity contribution >= 4 is 6.09 Å². The Kier molecular flexibility index (Phi) is 7.20. The van der Waals surface area contributed by atoms with Crippen molar-refractivity contribution in [2.45, 2.75) is 110 Å². The summed E-state index contributed by atoms with van der Waals surface area (Å²) in [6, 6.07) is 7.76. The summed E-state index contributed by atoms with van der Waals surface area (Å²) in [6.07, 6.45) is 12.7. The monoisotopic (exact) mass is 577 g/mol. The lowest BCUT2D eigenvalue weighted by atomic mass is 9.47. The summed E-state index contributed by atoms with van der Waals surface area (Å²) in [5.74, 6) is 4.36. The van der Waals surface area contributed by atoms with Gasteiger partial charge in [-0.3, -0.25) is 0 Å². The van der Waals surface area contributed by atoms with Gasteiger partial charge in [0.1, 0.15) is 11.9 Å². The van der Waals surface area contributed by atoms with Crippen LogP contribution in [0.3, 0.4) is 0 Å². The van der Waals surface area contributed by atoms with Gasteiger partial charge < -0.3 is 24.3 Å². The summed E-state index contributed by atoms with van der Waals surface area (Å²) in [4.78, 5) is 12.7. The van der Waals surface area contributed by atoms with Gasteiger partial charge >= 0.3 is 6.09 Å². The van der Waals surface area contributed by atoms with Crippen molar-refractivity contribution in [1.29, 1.82) is 0 Å². The molecule has 1 N–H and O–H groups in total. The topological polar surface area (TPSA) is 66.0 Å². The predicted octanol–water partition coefficient (Wildman–Crippen LogP) is 7.66. The van der Waals surface area contributed by atoms with Crippen LogP contribution in [-0.4, -0.2) is 37.8 Å². The zero-order valence-corrected chi connectivity index (χ0v) is 26.3. The second-order valence-electron chi connectivity index (χ2n) is 15.2. The number of carbonyl (C=O) groups is 1. The average molecular weight is 578 g/mol. The van der Waals surface area contributed by atoms with Crippen LogP contribution in [0.5, 0.6) is 5.75 Å². The number of hydrogen-bond donors (Lipinski definition) is 1. The van der Waals surface area contributed by atoms with Crippen molar-refractivity contribution in [3.63, 3.8) is 0 Å². The Morgan fingerprint density at radius 1 is 1.05 bits per heavy atom. The highest BCUT2D eigenvalue weighted by atomic mass is 16.7. The van der Waals surface area contributed by atoms with E-state index in [9.17, 15) is 4.79 Å². The van der Waals surface area contributed by atoms with Gasteiger partial charge in [0.25, 0.3) is 0 Å². The molecular weight excluding hydrogens is 526 g/mol. The van der Waals surface area contributed by atoms with Gasteiger partial charge in [-0.1, -0.05) is 51.5 Å². The van der Waals surface area contributed by atoms with E-state index >= 15 is 0 Å². The van der Waals surface area contributed by atoms with Crippen molar-refractivity contribution in [3.8, 4) is 5.75 Å². The predicted molar refractivity (Wildman–Crippen MR) is 162 cm³/mol. The summed E-state index contributed by atoms with van der Waals surface area (Å²) in [7, 11) is 1.66. The van der Waals surface area contributed by atoms with Gasteiger partial charge in [-0.25, -0.2) is 4.79 Å². The lowest BCUT2D eigenvalue weighted by molar-refractivity contribution is -0.272. The number of alkyl carbamates (subject to hydrolysis) is 1. The number of methoxy groups -OCH3 is 1. The minimum Gasteiger partial charge on any atom is -0.497 e. The van der Waals surface area contributed by atoms with Crippen LogP contribution >= 0.6 is 0 Å². The molecule has 1 aromatic carbocycles. The highest BCUT2D eigenvalue weighted by Crippen LogP contribution is 2.70. The maximum atomic E-state index is 12.7. The standard InChI is InChI=1S/C36H51NO5/c1-22-12-17-36(40-21-22)23(2)32-31(42-36)19-30-28-11-8-25-18-27(13-15-34(25,3)29(28)14-16-35(30,32)4)41-33(38)37-20-24-6-9-26(39-5)10-7-24/h6-10,22-23,27-32H,11-21H2,1-5H3,(H,37,38)/t22-,23+,27+,28-,29+,30+,31+,32+,34+,35+,36-/m1/s1. The van der Waals surface area contributed by atoms with Crippen LogP contribution < -0.4 is 10.1 Å². The molecule has 0 aromatic heterocycles. The van der Waals surface area contributed by atoms with Gasteiger partial charge in [0.15, 0.2) is 5.79 Å². The first-order valence-electron chi connectivity index (χ1n) is 16.7. The average Bonchev–Trinajstić information content (AvgIpc) is 3.43. The first-order chi connectivity index (χ1) is 20.1. The smallest absolute Gasteiger partial charge is 0.407 e. The Morgan fingerprint density at radius 3 is 2.60 bits per heavy atom. The molecule has 1 amide bonds. The first-order valence-corrected chi connectivity index (χ1v) is 16.7. The van der Waals surface area contributed by atoms with E-state index in [4.69, 9.17) is 18.9 Å². The van der Waals surface area contributed by atoms with E-state index in [1.165, 1.54) is 37.7 Å². The number of nitrogens with one attached hydrogen (secondary N) is 1. The quantitative estimate of drug-likeness (QED) is 0.372. The van der Waals surface area contributed by atoms with Crippen LogP contribution in [0.2, 0.25) is 0 Å². The largest absolute Gasteiger partial charge is 0.497 e. The first kappa shape index (κ1) is 28.7. The van der Waals surface area contributed by atoms with Gasteiger partial charge in [-0.2, -0.15) is 0 Å². The Hall–Kier alpha value is -2.05. The van der Waals surface area contributed by atoms with Crippen LogP contribution in [0.25, 0.3) is 0 Å². The van der Waals surface area contributed by atoms with Crippen LogP contribution in [0, 0.1) is 46.3 Å². The number of carbonyl (C=O) groups excluding carboxylic acids is 1. The number of rotatable bonds is 4. The summed E-state index contributed by atoms with van der Waals surface area (Å²) in [5, 5.41) is 2.94. The number of allylic oxidation sites excluding steroid dienone is 1. The molecule has 0 unspecified atom stereocenters. The second-order valence-corrected chi connectivity index (χ2v) is 15.2. The van der Waals surface area contributed by atoms with Crippen LogP contribution in [-0.2, 0) is 20.8 Å². The molecule has 7 rings (SSSR count). The highest BCUT2D eigenvalue weighted by Gasteiger charge is 2.68. The highest BCUT2D eigenvalue weighted by molar-refractivity contribution is 5.67. The fourth-order valence-electron chi connectivity index (χ4n) is 10.9. The third-order valence-corrected chi connectivity index (χ3v) is 13.2. The normalized spacial score (nSPS) is 45.7. The van der Waals surface area contributed by atoms with Crippen molar-refractivity contribution in [2.24, 2.45) is 46.3 Å².